The van der Waals surface area contributed by atoms with Crippen LogP contribution in [0.15, 0.2) is 34.7 Å². The van der Waals surface area contributed by atoms with Crippen LogP contribution in [-0.4, -0.2) is 11.9 Å². The minimum Gasteiger partial charge on any atom is -0.545 e. The third kappa shape index (κ3) is 2.97. The summed E-state index contributed by atoms with van der Waals surface area (Å²) in [5.74, 6) is -1.56. The molecule has 1 aromatic carbocycles. The van der Waals surface area contributed by atoms with Crippen molar-refractivity contribution in [2.45, 2.75) is 13.5 Å². The molecule has 0 atom stereocenters. The number of carbonyl (C=O) groups is 2. The first-order valence-corrected chi connectivity index (χ1v) is 5.72. The van der Waals surface area contributed by atoms with Gasteiger partial charge >= 0.3 is 0 Å². The molecule has 0 N–H and O–H groups in total. The van der Waals surface area contributed by atoms with Crippen molar-refractivity contribution in [2.24, 2.45) is 0 Å². The van der Waals surface area contributed by atoms with E-state index < -0.39 is 11.9 Å². The Morgan fingerprint density at radius 2 is 1.80 bits per heavy atom. The van der Waals surface area contributed by atoms with Gasteiger partial charge in [-0.1, -0.05) is 0 Å². The molecular formula is C14H10O6-2. The first kappa shape index (κ1) is 13.7. The lowest BCUT2D eigenvalue weighted by Crippen LogP contribution is -2.22. The van der Waals surface area contributed by atoms with Crippen molar-refractivity contribution in [3.63, 3.8) is 0 Å². The lowest BCUT2D eigenvalue weighted by Gasteiger charge is -2.06. The van der Waals surface area contributed by atoms with E-state index in [1.165, 1.54) is 37.3 Å². The second-order valence-corrected chi connectivity index (χ2v) is 4.07. The Labute approximate surface area is 114 Å². The number of ether oxygens (including phenoxy) is 1. The number of rotatable bonds is 5. The summed E-state index contributed by atoms with van der Waals surface area (Å²) in [5.41, 5.74) is 0.0290. The van der Waals surface area contributed by atoms with Gasteiger partial charge in [-0.2, -0.15) is 0 Å². The van der Waals surface area contributed by atoms with Crippen LogP contribution in [0.4, 0.5) is 0 Å². The normalized spacial score (nSPS) is 10.2. The van der Waals surface area contributed by atoms with Gasteiger partial charge in [0.25, 0.3) is 0 Å². The molecule has 1 aromatic heterocycles. The number of aromatic carboxylic acids is 2. The van der Waals surface area contributed by atoms with E-state index in [0.29, 0.717) is 11.5 Å². The summed E-state index contributed by atoms with van der Waals surface area (Å²) in [6, 6.07) is 6.98. The summed E-state index contributed by atoms with van der Waals surface area (Å²) >= 11 is 0. The molecule has 2 aromatic rings. The van der Waals surface area contributed by atoms with E-state index in [1.807, 2.05) is 0 Å². The fourth-order valence-electron chi connectivity index (χ4n) is 1.66. The van der Waals surface area contributed by atoms with Gasteiger partial charge in [-0.15, -0.1) is 0 Å². The topological polar surface area (TPSA) is 103 Å². The Morgan fingerprint density at radius 3 is 2.30 bits per heavy atom. The van der Waals surface area contributed by atoms with E-state index in [2.05, 4.69) is 0 Å². The fourth-order valence-corrected chi connectivity index (χ4v) is 1.66. The molecule has 0 spiro atoms. The van der Waals surface area contributed by atoms with Crippen LogP contribution in [0, 0.1) is 6.92 Å². The Morgan fingerprint density at radius 1 is 1.15 bits per heavy atom. The minimum atomic E-state index is -1.31. The zero-order chi connectivity index (χ0) is 14.7. The number of carboxylic acid groups (broad SMARTS) is 2. The van der Waals surface area contributed by atoms with Gasteiger partial charge in [0.05, 0.1) is 11.9 Å². The zero-order valence-electron chi connectivity index (χ0n) is 10.5. The first-order chi connectivity index (χ1) is 9.47. The second kappa shape index (κ2) is 5.48. The van der Waals surface area contributed by atoms with Gasteiger partial charge in [-0.25, -0.2) is 0 Å². The molecule has 20 heavy (non-hydrogen) atoms. The van der Waals surface area contributed by atoms with Crippen LogP contribution in [0.25, 0.3) is 0 Å². The predicted molar refractivity (Wildman–Crippen MR) is 62.9 cm³/mol. The average Bonchev–Trinajstić information content (AvgIpc) is 2.78. The van der Waals surface area contributed by atoms with Gasteiger partial charge < -0.3 is 29.0 Å². The Hall–Kier alpha value is -2.76. The Balaban J connectivity index is 2.03. The van der Waals surface area contributed by atoms with E-state index >= 15 is 0 Å². The monoisotopic (exact) mass is 274 g/mol. The molecule has 2 rings (SSSR count). The van der Waals surface area contributed by atoms with Crippen LogP contribution in [-0.2, 0) is 6.61 Å². The second-order valence-electron chi connectivity index (χ2n) is 4.07. The molecule has 6 nitrogen and oxygen atoms in total. The number of hydrogen-bond donors (Lipinski definition) is 0. The molecule has 0 radical (unpaired) electrons. The number of benzene rings is 1. The molecule has 0 amide bonds. The highest BCUT2D eigenvalue weighted by Crippen LogP contribution is 2.17. The van der Waals surface area contributed by atoms with E-state index in [1.54, 1.807) is 0 Å². The highest BCUT2D eigenvalue weighted by Gasteiger charge is 2.08. The smallest absolute Gasteiger partial charge is 0.146 e. The van der Waals surface area contributed by atoms with Gasteiger partial charge in [-0.05, 0) is 42.8 Å². The van der Waals surface area contributed by atoms with E-state index in [4.69, 9.17) is 9.15 Å². The third-order valence-corrected chi connectivity index (χ3v) is 2.66. The maximum atomic E-state index is 10.7. The number of carbonyl (C=O) groups excluding carboxylic acids is 2. The SMILES string of the molecule is Cc1oc(COc2ccc(C(=O)[O-])cc2)cc1C(=O)[O-]. The van der Waals surface area contributed by atoms with E-state index in [0.717, 1.165) is 0 Å². The van der Waals surface area contributed by atoms with Crippen molar-refractivity contribution in [1.82, 2.24) is 0 Å². The lowest BCUT2D eigenvalue weighted by atomic mass is 10.2. The number of carboxylic acids is 2. The summed E-state index contributed by atoms with van der Waals surface area (Å²) in [7, 11) is 0. The van der Waals surface area contributed by atoms with Gasteiger partial charge in [0.15, 0.2) is 0 Å². The van der Waals surface area contributed by atoms with Crippen LogP contribution in [0.1, 0.15) is 32.2 Å². The average molecular weight is 274 g/mol. The molecule has 6 heteroatoms. The summed E-state index contributed by atoms with van der Waals surface area (Å²) in [4.78, 5) is 21.3. The quantitative estimate of drug-likeness (QED) is 0.754. The summed E-state index contributed by atoms with van der Waals surface area (Å²) in [6.07, 6.45) is 0. The van der Waals surface area contributed by atoms with Crippen molar-refractivity contribution < 1.29 is 29.0 Å². The molecule has 0 aliphatic heterocycles. The first-order valence-electron chi connectivity index (χ1n) is 5.72. The standard InChI is InChI=1S/C14H12O6/c1-8-12(14(17)18)6-11(20-8)7-19-10-4-2-9(3-5-10)13(15)16/h2-6H,7H2,1H3,(H,15,16)(H,17,18)/p-2. The molecule has 0 bridgehead atoms. The van der Waals surface area contributed by atoms with Gasteiger partial charge in [0.2, 0.25) is 0 Å². The van der Waals surface area contributed by atoms with Crippen molar-refractivity contribution >= 4 is 11.9 Å². The molecule has 0 saturated heterocycles. The largest absolute Gasteiger partial charge is 0.545 e. The zero-order valence-corrected chi connectivity index (χ0v) is 10.5. The van der Waals surface area contributed by atoms with Crippen LogP contribution < -0.4 is 14.9 Å². The molecule has 0 unspecified atom stereocenters. The van der Waals surface area contributed by atoms with Gasteiger partial charge in [-0.3, -0.25) is 0 Å². The highest BCUT2D eigenvalue weighted by atomic mass is 16.5. The number of furan rings is 1. The summed E-state index contributed by atoms with van der Waals surface area (Å²) < 4.78 is 10.6. The molecule has 0 aliphatic carbocycles. The predicted octanol–water partition coefficient (Wildman–Crippen LogP) is -0.106. The maximum absolute atomic E-state index is 10.7. The van der Waals surface area contributed by atoms with E-state index in [9.17, 15) is 19.8 Å². The van der Waals surface area contributed by atoms with Crippen molar-refractivity contribution in [3.8, 4) is 5.75 Å². The Kier molecular flexibility index (Phi) is 3.74. The summed E-state index contributed by atoms with van der Waals surface area (Å²) in [5, 5.41) is 21.3. The van der Waals surface area contributed by atoms with E-state index in [-0.39, 0.29) is 23.5 Å². The summed E-state index contributed by atoms with van der Waals surface area (Å²) in [6.45, 7) is 1.54. The van der Waals surface area contributed by atoms with Crippen LogP contribution in [0.5, 0.6) is 5.75 Å². The van der Waals surface area contributed by atoms with Crippen molar-refractivity contribution in [3.05, 3.63) is 53.0 Å². The number of hydrogen-bond acceptors (Lipinski definition) is 6. The Bertz CT molecular complexity index is 638. The highest BCUT2D eigenvalue weighted by molar-refractivity contribution is 5.87. The van der Waals surface area contributed by atoms with Crippen molar-refractivity contribution in [2.75, 3.05) is 0 Å². The van der Waals surface area contributed by atoms with Gasteiger partial charge in [0, 0.05) is 5.56 Å². The lowest BCUT2D eigenvalue weighted by molar-refractivity contribution is -0.256. The third-order valence-electron chi connectivity index (χ3n) is 2.66. The fraction of sp³-hybridized carbons (Fsp3) is 0.143. The molecule has 0 saturated carbocycles. The maximum Gasteiger partial charge on any atom is 0.146 e. The molecule has 1 heterocycles. The minimum absolute atomic E-state index is 0.0177. The molecule has 0 fully saturated rings. The van der Waals surface area contributed by atoms with Crippen LogP contribution in [0.2, 0.25) is 0 Å². The number of aryl methyl sites for hydroxylation is 1. The molecular weight excluding hydrogens is 264 g/mol. The van der Waals surface area contributed by atoms with Crippen LogP contribution >= 0.6 is 0 Å². The molecule has 0 aliphatic rings. The molecule has 104 valence electrons. The van der Waals surface area contributed by atoms with Crippen LogP contribution in [0.3, 0.4) is 0 Å². The van der Waals surface area contributed by atoms with Crippen molar-refractivity contribution in [1.29, 1.82) is 0 Å². The van der Waals surface area contributed by atoms with Gasteiger partial charge in [0.1, 0.15) is 23.9 Å².